The molecule has 0 radical (unpaired) electrons. The first-order valence-electron chi connectivity index (χ1n) is 8.27. The third kappa shape index (κ3) is 3.85. The number of halogens is 1. The van der Waals surface area contributed by atoms with Crippen LogP contribution in [0.5, 0.6) is 11.5 Å². The Morgan fingerprint density at radius 1 is 1.11 bits per heavy atom. The van der Waals surface area contributed by atoms with Gasteiger partial charge in [0.25, 0.3) is 0 Å². The van der Waals surface area contributed by atoms with Crippen LogP contribution in [-0.4, -0.2) is 42.9 Å². The maximum Gasteiger partial charge on any atom is 0.227 e. The minimum atomic E-state index is -0.832. The van der Waals surface area contributed by atoms with E-state index in [0.717, 1.165) is 0 Å². The lowest BCUT2D eigenvalue weighted by atomic mass is 10.1. The average molecular weight is 372 g/mol. The third-order valence-corrected chi connectivity index (χ3v) is 4.26. The van der Waals surface area contributed by atoms with Crippen LogP contribution in [0, 0.1) is 5.82 Å². The summed E-state index contributed by atoms with van der Waals surface area (Å²) in [6.45, 7) is 0.212. The second kappa shape index (κ2) is 7.63. The van der Waals surface area contributed by atoms with Crippen LogP contribution in [0.4, 0.5) is 16.2 Å². The van der Waals surface area contributed by atoms with E-state index in [1.807, 2.05) is 0 Å². The fourth-order valence-corrected chi connectivity index (χ4v) is 2.77. The van der Waals surface area contributed by atoms with Gasteiger partial charge in [-0.25, -0.2) is 9.37 Å². The number of methoxy groups -OCH3 is 2. The number of likely N-dealkylation sites (N-methyl/N-ethyl adjacent to an activating group) is 1. The van der Waals surface area contributed by atoms with Crippen LogP contribution in [0.1, 0.15) is 11.7 Å². The molecule has 7 nitrogen and oxygen atoms in total. The first kappa shape index (κ1) is 18.7. The van der Waals surface area contributed by atoms with Crippen molar-refractivity contribution in [2.75, 3.05) is 38.4 Å². The lowest BCUT2D eigenvalue weighted by Crippen LogP contribution is -2.26. The topological polar surface area (TPSA) is 93.7 Å². The molecule has 0 saturated carbocycles. The molecular formula is C19H21FN4O3. The fraction of sp³-hybridized carbons (Fsp3) is 0.263. The summed E-state index contributed by atoms with van der Waals surface area (Å²) < 4.78 is 23.6. The number of ether oxygens (including phenoxy) is 2. The van der Waals surface area contributed by atoms with E-state index in [1.165, 1.54) is 12.1 Å². The molecule has 1 aromatic heterocycles. The minimum absolute atomic E-state index is 0.212. The highest BCUT2D eigenvalue weighted by molar-refractivity contribution is 5.91. The normalized spacial score (nSPS) is 12.0. The van der Waals surface area contributed by atoms with E-state index in [0.29, 0.717) is 39.7 Å². The van der Waals surface area contributed by atoms with Gasteiger partial charge in [-0.2, -0.15) is 4.98 Å². The smallest absolute Gasteiger partial charge is 0.227 e. The number of anilines is 2. The molecule has 1 atom stereocenters. The molecule has 8 heteroatoms. The molecule has 0 aliphatic carbocycles. The zero-order valence-corrected chi connectivity index (χ0v) is 15.3. The molecule has 0 unspecified atom stereocenters. The predicted molar refractivity (Wildman–Crippen MR) is 102 cm³/mol. The first-order chi connectivity index (χ1) is 12.9. The van der Waals surface area contributed by atoms with Gasteiger partial charge in [0.1, 0.15) is 11.6 Å². The van der Waals surface area contributed by atoms with E-state index < -0.39 is 6.10 Å². The predicted octanol–water partition coefficient (Wildman–Crippen LogP) is 2.54. The standard InChI is InChI=1S/C19H21FN4O3/c1-24(10-15(25)11-4-6-12(20)7-5-11)19-22-14-9-17(27-3)16(26-2)8-13(14)18(21)23-19/h4-9,15,25H,10H2,1-3H3,(H2,21,22,23)/t15-/m1/s1. The van der Waals surface area contributed by atoms with Crippen molar-refractivity contribution in [2.45, 2.75) is 6.10 Å². The summed E-state index contributed by atoms with van der Waals surface area (Å²) in [7, 11) is 4.83. The van der Waals surface area contributed by atoms with Gasteiger partial charge >= 0.3 is 0 Å². The third-order valence-electron chi connectivity index (χ3n) is 4.26. The number of rotatable bonds is 6. The second-order valence-corrected chi connectivity index (χ2v) is 6.08. The van der Waals surface area contributed by atoms with Gasteiger partial charge in [-0.15, -0.1) is 0 Å². The van der Waals surface area contributed by atoms with Gasteiger partial charge in [-0.3, -0.25) is 0 Å². The van der Waals surface area contributed by atoms with Crippen LogP contribution in [0.25, 0.3) is 10.9 Å². The largest absolute Gasteiger partial charge is 0.493 e. The fourth-order valence-electron chi connectivity index (χ4n) is 2.77. The summed E-state index contributed by atoms with van der Waals surface area (Å²) in [5.74, 6) is 1.36. The molecule has 3 aromatic rings. The van der Waals surface area contributed by atoms with E-state index in [1.54, 1.807) is 50.4 Å². The van der Waals surface area contributed by atoms with Gasteiger partial charge in [0, 0.05) is 18.5 Å². The van der Waals surface area contributed by atoms with Crippen LogP contribution in [0.2, 0.25) is 0 Å². The molecule has 3 N–H and O–H groups in total. The molecule has 142 valence electrons. The summed E-state index contributed by atoms with van der Waals surface area (Å²) in [5.41, 5.74) is 7.29. The Labute approximate surface area is 156 Å². The number of hydrogen-bond acceptors (Lipinski definition) is 7. The number of hydrogen-bond donors (Lipinski definition) is 2. The molecule has 2 aromatic carbocycles. The van der Waals surface area contributed by atoms with E-state index >= 15 is 0 Å². The highest BCUT2D eigenvalue weighted by Gasteiger charge is 2.16. The Hall–Kier alpha value is -3.13. The maximum absolute atomic E-state index is 13.0. The highest BCUT2D eigenvalue weighted by Crippen LogP contribution is 2.34. The average Bonchev–Trinajstić information content (AvgIpc) is 2.67. The molecule has 0 fully saturated rings. The summed E-state index contributed by atoms with van der Waals surface area (Å²) in [6.07, 6.45) is -0.832. The molecule has 0 amide bonds. The Morgan fingerprint density at radius 2 is 1.74 bits per heavy atom. The lowest BCUT2D eigenvalue weighted by Gasteiger charge is -2.22. The lowest BCUT2D eigenvalue weighted by molar-refractivity contribution is 0.184. The zero-order valence-electron chi connectivity index (χ0n) is 15.3. The van der Waals surface area contributed by atoms with Crippen LogP contribution in [-0.2, 0) is 0 Å². The van der Waals surface area contributed by atoms with Gasteiger partial charge < -0.3 is 25.2 Å². The molecule has 0 spiro atoms. The van der Waals surface area contributed by atoms with Crippen LogP contribution in [0.15, 0.2) is 36.4 Å². The number of nitrogen functional groups attached to an aromatic ring is 1. The van der Waals surface area contributed by atoms with Crippen LogP contribution >= 0.6 is 0 Å². The summed E-state index contributed by atoms with van der Waals surface area (Å²) in [6, 6.07) is 9.15. The van der Waals surface area contributed by atoms with Crippen molar-refractivity contribution in [1.29, 1.82) is 0 Å². The Bertz CT molecular complexity index is 950. The zero-order chi connectivity index (χ0) is 19.6. The van der Waals surface area contributed by atoms with Crippen LogP contribution < -0.4 is 20.1 Å². The number of benzene rings is 2. The van der Waals surface area contributed by atoms with E-state index in [2.05, 4.69) is 9.97 Å². The van der Waals surface area contributed by atoms with Gasteiger partial charge in [-0.05, 0) is 23.8 Å². The quantitative estimate of drug-likeness (QED) is 0.687. The van der Waals surface area contributed by atoms with E-state index in [4.69, 9.17) is 15.2 Å². The minimum Gasteiger partial charge on any atom is -0.493 e. The molecule has 0 bridgehead atoms. The Kier molecular flexibility index (Phi) is 5.27. The van der Waals surface area contributed by atoms with Gasteiger partial charge in [0.05, 0.1) is 32.4 Å². The van der Waals surface area contributed by atoms with Crippen molar-refractivity contribution in [3.05, 3.63) is 47.8 Å². The first-order valence-corrected chi connectivity index (χ1v) is 8.27. The van der Waals surface area contributed by atoms with Gasteiger partial charge in [-0.1, -0.05) is 12.1 Å². The number of aliphatic hydroxyl groups is 1. The molecule has 0 aliphatic heterocycles. The summed E-state index contributed by atoms with van der Waals surface area (Å²) >= 11 is 0. The number of fused-ring (bicyclic) bond motifs is 1. The number of nitrogens with two attached hydrogens (primary N) is 1. The maximum atomic E-state index is 13.0. The van der Waals surface area contributed by atoms with Gasteiger partial charge in [0.15, 0.2) is 11.5 Å². The van der Waals surface area contributed by atoms with Crippen molar-refractivity contribution < 1.29 is 19.0 Å². The van der Waals surface area contributed by atoms with E-state index in [-0.39, 0.29) is 12.4 Å². The molecule has 0 saturated heterocycles. The number of aromatic nitrogens is 2. The molecular weight excluding hydrogens is 351 g/mol. The van der Waals surface area contributed by atoms with Crippen molar-refractivity contribution in [3.63, 3.8) is 0 Å². The van der Waals surface area contributed by atoms with Crippen LogP contribution in [0.3, 0.4) is 0 Å². The van der Waals surface area contributed by atoms with Crippen molar-refractivity contribution in [3.8, 4) is 11.5 Å². The SMILES string of the molecule is COc1cc2nc(N(C)C[C@@H](O)c3ccc(F)cc3)nc(N)c2cc1OC. The molecule has 0 aliphatic rings. The summed E-state index contributed by atoms with van der Waals surface area (Å²) in [4.78, 5) is 10.5. The Morgan fingerprint density at radius 3 is 2.37 bits per heavy atom. The van der Waals surface area contributed by atoms with Crippen molar-refractivity contribution in [2.24, 2.45) is 0 Å². The Balaban J connectivity index is 1.90. The molecule has 1 heterocycles. The van der Waals surface area contributed by atoms with Gasteiger partial charge in [0.2, 0.25) is 5.95 Å². The summed E-state index contributed by atoms with van der Waals surface area (Å²) in [5, 5.41) is 11.0. The monoisotopic (exact) mass is 372 g/mol. The second-order valence-electron chi connectivity index (χ2n) is 6.08. The van der Waals surface area contributed by atoms with Crippen molar-refractivity contribution >= 4 is 22.7 Å². The number of nitrogens with zero attached hydrogens (tertiary/aromatic N) is 3. The van der Waals surface area contributed by atoms with Crippen molar-refractivity contribution in [1.82, 2.24) is 9.97 Å². The van der Waals surface area contributed by atoms with E-state index in [9.17, 15) is 9.50 Å². The molecule has 3 rings (SSSR count). The number of aliphatic hydroxyl groups excluding tert-OH is 1. The highest BCUT2D eigenvalue weighted by atomic mass is 19.1. The molecule has 27 heavy (non-hydrogen) atoms.